The third-order valence-corrected chi connectivity index (χ3v) is 6.68. The third kappa shape index (κ3) is 4.45. The molecule has 0 bridgehead atoms. The van der Waals surface area contributed by atoms with Crippen molar-refractivity contribution in [3.05, 3.63) is 29.7 Å². The Morgan fingerprint density at radius 1 is 1.27 bits per heavy atom. The van der Waals surface area contributed by atoms with Crippen LogP contribution in [0.15, 0.2) is 18.3 Å². The van der Waals surface area contributed by atoms with Gasteiger partial charge in [0.25, 0.3) is 0 Å². The first-order chi connectivity index (χ1) is 14.2. The molecule has 2 aliphatic rings. The minimum absolute atomic E-state index is 0.153. The van der Waals surface area contributed by atoms with Crippen molar-refractivity contribution in [2.75, 3.05) is 6.54 Å². The van der Waals surface area contributed by atoms with Gasteiger partial charge in [-0.1, -0.05) is 19.8 Å². The molecule has 30 heavy (non-hydrogen) atoms. The van der Waals surface area contributed by atoms with Crippen LogP contribution in [-0.2, 0) is 11.2 Å². The van der Waals surface area contributed by atoms with E-state index >= 15 is 0 Å². The van der Waals surface area contributed by atoms with E-state index in [1.165, 1.54) is 12.8 Å². The lowest BCUT2D eigenvalue weighted by atomic mass is 9.79. The molecule has 0 radical (unpaired) electrons. The highest BCUT2D eigenvalue weighted by atomic mass is 19.4. The SMILES string of the molecule is CC1CCC([C@H](N)c2cn3nc(C[C@@H]4C[C@H](C(F)(F)F)CNC4=O)ccc3n2)CC1. The molecule has 1 amide bonds. The first-order valence-electron chi connectivity index (χ1n) is 10.7. The van der Waals surface area contributed by atoms with Gasteiger partial charge in [-0.3, -0.25) is 4.79 Å². The summed E-state index contributed by atoms with van der Waals surface area (Å²) in [7, 11) is 0. The number of alkyl halides is 3. The quantitative estimate of drug-likeness (QED) is 0.789. The molecule has 3 atom stereocenters. The predicted octanol–water partition coefficient (Wildman–Crippen LogP) is 3.41. The molecule has 0 spiro atoms. The van der Waals surface area contributed by atoms with E-state index in [4.69, 9.17) is 5.73 Å². The number of nitrogens with one attached hydrogen (secondary N) is 1. The van der Waals surface area contributed by atoms with Gasteiger partial charge in [0.1, 0.15) is 0 Å². The molecular formula is C21H28F3N5O. The van der Waals surface area contributed by atoms with Gasteiger partial charge in [0.2, 0.25) is 5.91 Å². The third-order valence-electron chi connectivity index (χ3n) is 6.68. The van der Waals surface area contributed by atoms with Crippen LogP contribution in [0.2, 0.25) is 0 Å². The number of nitrogens with zero attached hydrogens (tertiary/aromatic N) is 3. The van der Waals surface area contributed by atoms with E-state index in [1.807, 2.05) is 0 Å². The van der Waals surface area contributed by atoms with Gasteiger partial charge < -0.3 is 11.1 Å². The van der Waals surface area contributed by atoms with E-state index in [1.54, 1.807) is 22.8 Å². The number of hydrogen-bond acceptors (Lipinski definition) is 4. The van der Waals surface area contributed by atoms with Crippen molar-refractivity contribution >= 4 is 11.6 Å². The van der Waals surface area contributed by atoms with Crippen LogP contribution in [0.3, 0.4) is 0 Å². The van der Waals surface area contributed by atoms with Crippen LogP contribution in [-0.4, -0.2) is 33.2 Å². The molecule has 1 saturated carbocycles. The van der Waals surface area contributed by atoms with Crippen molar-refractivity contribution in [1.82, 2.24) is 19.9 Å². The maximum Gasteiger partial charge on any atom is 0.393 e. The molecule has 1 aliphatic carbocycles. The van der Waals surface area contributed by atoms with Crippen LogP contribution in [0, 0.1) is 23.7 Å². The largest absolute Gasteiger partial charge is 0.393 e. The van der Waals surface area contributed by atoms with Crippen LogP contribution in [0.1, 0.15) is 56.5 Å². The van der Waals surface area contributed by atoms with Crippen LogP contribution in [0.4, 0.5) is 13.2 Å². The summed E-state index contributed by atoms with van der Waals surface area (Å²) < 4.78 is 40.8. The number of amides is 1. The molecule has 2 aromatic heterocycles. The number of hydrogen-bond donors (Lipinski definition) is 2. The highest BCUT2D eigenvalue weighted by molar-refractivity contribution is 5.79. The van der Waals surface area contributed by atoms with Gasteiger partial charge in [0, 0.05) is 18.9 Å². The Labute approximate surface area is 173 Å². The summed E-state index contributed by atoms with van der Waals surface area (Å²) in [5.41, 5.74) is 8.47. The summed E-state index contributed by atoms with van der Waals surface area (Å²) in [5, 5.41) is 6.87. The fourth-order valence-corrected chi connectivity index (χ4v) is 4.68. The summed E-state index contributed by atoms with van der Waals surface area (Å²) in [5.74, 6) is -1.47. The molecule has 3 heterocycles. The second-order valence-electron chi connectivity index (χ2n) is 8.96. The molecule has 1 aliphatic heterocycles. The number of rotatable bonds is 4. The van der Waals surface area contributed by atoms with E-state index < -0.39 is 18.0 Å². The van der Waals surface area contributed by atoms with Gasteiger partial charge in [-0.2, -0.15) is 18.3 Å². The number of fused-ring (bicyclic) bond motifs is 1. The van der Waals surface area contributed by atoms with E-state index in [0.717, 1.165) is 24.5 Å². The van der Waals surface area contributed by atoms with Crippen molar-refractivity contribution in [2.24, 2.45) is 29.4 Å². The fourth-order valence-electron chi connectivity index (χ4n) is 4.68. The molecule has 0 unspecified atom stereocenters. The molecular weight excluding hydrogens is 395 g/mol. The monoisotopic (exact) mass is 423 g/mol. The van der Waals surface area contributed by atoms with Crippen LogP contribution in [0.5, 0.6) is 0 Å². The first kappa shape index (κ1) is 21.1. The maximum absolute atomic E-state index is 13.1. The number of halogens is 3. The predicted molar refractivity (Wildman–Crippen MR) is 105 cm³/mol. The number of aromatic nitrogens is 3. The number of carbonyl (C=O) groups excluding carboxylic acids is 1. The second-order valence-corrected chi connectivity index (χ2v) is 8.96. The minimum Gasteiger partial charge on any atom is -0.355 e. The lowest BCUT2D eigenvalue weighted by molar-refractivity contribution is -0.183. The minimum atomic E-state index is -4.31. The van der Waals surface area contributed by atoms with Gasteiger partial charge in [-0.05, 0) is 43.2 Å². The zero-order valence-electron chi connectivity index (χ0n) is 17.0. The van der Waals surface area contributed by atoms with Gasteiger partial charge in [0.15, 0.2) is 5.65 Å². The highest BCUT2D eigenvalue weighted by Crippen LogP contribution is 2.36. The lowest BCUT2D eigenvalue weighted by Gasteiger charge is -2.30. The summed E-state index contributed by atoms with van der Waals surface area (Å²) in [6.07, 6.45) is 1.98. The van der Waals surface area contributed by atoms with Crippen LogP contribution < -0.4 is 11.1 Å². The maximum atomic E-state index is 13.1. The number of piperidine rings is 1. The number of imidazole rings is 1. The molecule has 0 aromatic carbocycles. The highest BCUT2D eigenvalue weighted by Gasteiger charge is 2.44. The zero-order valence-corrected chi connectivity index (χ0v) is 17.0. The van der Waals surface area contributed by atoms with Gasteiger partial charge >= 0.3 is 6.18 Å². The van der Waals surface area contributed by atoms with E-state index in [2.05, 4.69) is 22.3 Å². The normalized spacial score (nSPS) is 29.0. The van der Waals surface area contributed by atoms with Crippen molar-refractivity contribution in [3.8, 4) is 0 Å². The first-order valence-corrected chi connectivity index (χ1v) is 10.7. The standard InChI is InChI=1S/C21H28F3N5O/c1-12-2-4-13(5-3-12)19(25)17-11-29-18(27-17)7-6-16(28-29)9-14-8-15(21(22,23)24)10-26-20(14)30/h6-7,11-15,19H,2-5,8-10,25H2,1H3,(H,26,30)/t12?,13?,14-,15-,19-/m0/s1. The average molecular weight is 423 g/mol. The fraction of sp³-hybridized carbons (Fsp3) is 0.667. The molecule has 2 fully saturated rings. The van der Waals surface area contributed by atoms with Gasteiger partial charge in [0.05, 0.1) is 29.5 Å². The number of nitrogens with two attached hydrogens (primary N) is 1. The summed E-state index contributed by atoms with van der Waals surface area (Å²) in [6.45, 7) is 1.91. The molecule has 2 aromatic rings. The van der Waals surface area contributed by atoms with E-state index in [0.29, 0.717) is 17.3 Å². The Morgan fingerprint density at radius 2 is 2.00 bits per heavy atom. The second kappa shape index (κ2) is 8.17. The molecule has 4 rings (SSSR count). The van der Waals surface area contributed by atoms with Crippen LogP contribution in [0.25, 0.3) is 5.65 Å². The summed E-state index contributed by atoms with van der Waals surface area (Å²) >= 11 is 0. The molecule has 164 valence electrons. The van der Waals surface area contributed by atoms with Crippen molar-refractivity contribution < 1.29 is 18.0 Å². The van der Waals surface area contributed by atoms with Crippen LogP contribution >= 0.6 is 0 Å². The van der Waals surface area contributed by atoms with Gasteiger partial charge in [-0.25, -0.2) is 9.50 Å². The van der Waals surface area contributed by atoms with E-state index in [9.17, 15) is 18.0 Å². The van der Waals surface area contributed by atoms with Crippen molar-refractivity contribution in [3.63, 3.8) is 0 Å². The Bertz CT molecular complexity index is 904. The Morgan fingerprint density at radius 3 is 2.70 bits per heavy atom. The average Bonchev–Trinajstić information content (AvgIpc) is 3.12. The smallest absolute Gasteiger partial charge is 0.355 e. The topological polar surface area (TPSA) is 85.3 Å². The van der Waals surface area contributed by atoms with Gasteiger partial charge in [-0.15, -0.1) is 0 Å². The van der Waals surface area contributed by atoms with E-state index in [-0.39, 0.29) is 31.3 Å². The Balaban J connectivity index is 1.47. The zero-order chi connectivity index (χ0) is 21.5. The molecule has 6 nitrogen and oxygen atoms in total. The summed E-state index contributed by atoms with van der Waals surface area (Å²) in [4.78, 5) is 16.7. The Hall–Kier alpha value is -2.16. The summed E-state index contributed by atoms with van der Waals surface area (Å²) in [6, 6.07) is 3.35. The molecule has 1 saturated heterocycles. The van der Waals surface area contributed by atoms with Crippen molar-refractivity contribution in [2.45, 2.75) is 57.7 Å². The molecule has 9 heteroatoms. The van der Waals surface area contributed by atoms with Crippen molar-refractivity contribution in [1.29, 1.82) is 0 Å². The molecule has 3 N–H and O–H groups in total. The lowest BCUT2D eigenvalue weighted by Crippen LogP contribution is -2.47. The number of carbonyl (C=O) groups is 1. The Kier molecular flexibility index (Phi) is 5.74.